The maximum atomic E-state index is 13.0. The molecule has 0 aromatic carbocycles. The predicted molar refractivity (Wildman–Crippen MR) is 96.7 cm³/mol. The first-order valence-corrected chi connectivity index (χ1v) is 11.5. The van der Waals surface area contributed by atoms with Gasteiger partial charge in [-0.25, -0.2) is 4.67 Å². The normalized spacial score (nSPS) is 34.5. The largest absolute Gasteiger partial charge is 0.370 e. The SMILES string of the molecule is CC1CN(C)CC(COP(C)(=O)N2CCC(N3CCCC3)CC2)O1. The van der Waals surface area contributed by atoms with Gasteiger partial charge in [0.15, 0.2) is 0 Å². The lowest BCUT2D eigenvalue weighted by atomic mass is 10.1. The third-order valence-corrected chi connectivity index (χ3v) is 7.68. The zero-order valence-electron chi connectivity index (χ0n) is 15.5. The molecule has 3 saturated heterocycles. The molecule has 0 aromatic heterocycles. The molecule has 3 unspecified atom stereocenters. The van der Waals surface area contributed by atoms with E-state index in [4.69, 9.17) is 9.26 Å². The first kappa shape index (κ1) is 18.8. The Morgan fingerprint density at radius 1 is 1.12 bits per heavy atom. The topological polar surface area (TPSA) is 45.2 Å². The highest BCUT2D eigenvalue weighted by Gasteiger charge is 2.34. The quantitative estimate of drug-likeness (QED) is 0.701. The Labute approximate surface area is 146 Å². The fraction of sp³-hybridized carbons (Fsp3) is 1.00. The molecule has 0 radical (unpaired) electrons. The lowest BCUT2D eigenvalue weighted by Gasteiger charge is -2.39. The Kier molecular flexibility index (Phi) is 6.39. The Morgan fingerprint density at radius 3 is 2.42 bits per heavy atom. The lowest BCUT2D eigenvalue weighted by Crippen LogP contribution is -2.46. The molecule has 3 aliphatic rings. The van der Waals surface area contributed by atoms with Crippen molar-refractivity contribution in [1.82, 2.24) is 14.5 Å². The lowest BCUT2D eigenvalue weighted by molar-refractivity contribution is -0.0854. The molecule has 0 amide bonds. The van der Waals surface area contributed by atoms with Crippen LogP contribution in [0.2, 0.25) is 0 Å². The Bertz CT molecular complexity index is 440. The number of ether oxygens (including phenoxy) is 1. The number of hydrogen-bond donors (Lipinski definition) is 0. The molecule has 0 aliphatic carbocycles. The molecule has 0 saturated carbocycles. The summed E-state index contributed by atoms with van der Waals surface area (Å²) in [6, 6.07) is 0.680. The number of likely N-dealkylation sites (N-methyl/N-ethyl adjacent to an activating group) is 1. The summed E-state index contributed by atoms with van der Waals surface area (Å²) in [5.74, 6) is 0. The molecule has 140 valence electrons. The van der Waals surface area contributed by atoms with E-state index in [0.717, 1.165) is 39.0 Å². The van der Waals surface area contributed by atoms with Crippen molar-refractivity contribution < 1.29 is 13.8 Å². The van der Waals surface area contributed by atoms with E-state index in [9.17, 15) is 4.57 Å². The highest BCUT2D eigenvalue weighted by Crippen LogP contribution is 2.48. The van der Waals surface area contributed by atoms with Gasteiger partial charge in [0.1, 0.15) is 0 Å². The van der Waals surface area contributed by atoms with E-state index < -0.39 is 7.52 Å². The second-order valence-electron chi connectivity index (χ2n) is 7.82. The second-order valence-corrected chi connectivity index (χ2v) is 10.2. The third kappa shape index (κ3) is 4.80. The maximum absolute atomic E-state index is 13.0. The highest BCUT2D eigenvalue weighted by atomic mass is 31.2. The zero-order chi connectivity index (χ0) is 17.2. The van der Waals surface area contributed by atoms with Crippen molar-refractivity contribution in [3.63, 3.8) is 0 Å². The molecule has 24 heavy (non-hydrogen) atoms. The minimum absolute atomic E-state index is 0.0224. The monoisotopic (exact) mass is 359 g/mol. The van der Waals surface area contributed by atoms with Crippen LogP contribution >= 0.6 is 7.52 Å². The van der Waals surface area contributed by atoms with Crippen molar-refractivity contribution in [2.75, 3.05) is 59.6 Å². The van der Waals surface area contributed by atoms with Gasteiger partial charge in [0.2, 0.25) is 0 Å². The minimum Gasteiger partial charge on any atom is -0.370 e. The Morgan fingerprint density at radius 2 is 1.79 bits per heavy atom. The van der Waals surface area contributed by atoms with Crippen molar-refractivity contribution in [3.05, 3.63) is 0 Å². The van der Waals surface area contributed by atoms with Gasteiger partial charge in [-0.05, 0) is 52.7 Å². The van der Waals surface area contributed by atoms with Gasteiger partial charge in [0, 0.05) is 38.9 Å². The molecular weight excluding hydrogens is 325 g/mol. The van der Waals surface area contributed by atoms with Gasteiger partial charge in [-0.3, -0.25) is 4.57 Å². The van der Waals surface area contributed by atoms with E-state index in [0.29, 0.717) is 12.6 Å². The van der Waals surface area contributed by atoms with Gasteiger partial charge < -0.3 is 19.1 Å². The first-order valence-electron chi connectivity index (χ1n) is 9.49. The average molecular weight is 359 g/mol. The van der Waals surface area contributed by atoms with Crippen LogP contribution in [0.1, 0.15) is 32.6 Å². The van der Waals surface area contributed by atoms with Gasteiger partial charge in [0.25, 0.3) is 7.52 Å². The molecule has 0 aromatic rings. The molecule has 7 heteroatoms. The number of rotatable bonds is 5. The first-order chi connectivity index (χ1) is 11.4. The summed E-state index contributed by atoms with van der Waals surface area (Å²) < 4.78 is 26.9. The van der Waals surface area contributed by atoms with Crippen molar-refractivity contribution in [3.8, 4) is 0 Å². The molecule has 3 fully saturated rings. The number of morpholine rings is 1. The van der Waals surface area contributed by atoms with Crippen molar-refractivity contribution in [2.45, 2.75) is 50.9 Å². The molecule has 6 nitrogen and oxygen atoms in total. The van der Waals surface area contributed by atoms with Crippen LogP contribution in [0.5, 0.6) is 0 Å². The van der Waals surface area contributed by atoms with Gasteiger partial charge in [-0.15, -0.1) is 0 Å². The molecule has 3 heterocycles. The summed E-state index contributed by atoms with van der Waals surface area (Å²) in [5, 5.41) is 0. The van der Waals surface area contributed by atoms with E-state index >= 15 is 0 Å². The number of piperidine rings is 1. The summed E-state index contributed by atoms with van der Waals surface area (Å²) in [4.78, 5) is 4.87. The predicted octanol–water partition coefficient (Wildman–Crippen LogP) is 2.11. The fourth-order valence-electron chi connectivity index (χ4n) is 4.36. The summed E-state index contributed by atoms with van der Waals surface area (Å²) in [5.41, 5.74) is 0. The van der Waals surface area contributed by atoms with Crippen LogP contribution in [0.3, 0.4) is 0 Å². The van der Waals surface area contributed by atoms with Crippen LogP contribution in [-0.2, 0) is 13.8 Å². The smallest absolute Gasteiger partial charge is 0.269 e. The van der Waals surface area contributed by atoms with Gasteiger partial charge in [-0.2, -0.15) is 0 Å². The van der Waals surface area contributed by atoms with Gasteiger partial charge in [0.05, 0.1) is 18.8 Å². The Hall–Kier alpha value is 0.0300. The van der Waals surface area contributed by atoms with Crippen LogP contribution in [0.4, 0.5) is 0 Å². The number of hydrogen-bond acceptors (Lipinski definition) is 5. The van der Waals surface area contributed by atoms with E-state index in [1.165, 1.54) is 25.9 Å². The summed E-state index contributed by atoms with van der Waals surface area (Å²) in [6.45, 7) is 10.3. The van der Waals surface area contributed by atoms with E-state index in [1.807, 2.05) is 0 Å². The number of nitrogens with zero attached hydrogens (tertiary/aromatic N) is 3. The average Bonchev–Trinajstić information content (AvgIpc) is 3.07. The molecular formula is C17H34N3O3P. The van der Waals surface area contributed by atoms with Crippen LogP contribution < -0.4 is 0 Å². The second kappa shape index (κ2) is 8.15. The summed E-state index contributed by atoms with van der Waals surface area (Å²) in [6.07, 6.45) is 5.13. The molecule has 0 bridgehead atoms. The van der Waals surface area contributed by atoms with Crippen LogP contribution in [-0.4, -0.2) is 92.3 Å². The van der Waals surface area contributed by atoms with E-state index in [-0.39, 0.29) is 12.2 Å². The highest BCUT2D eigenvalue weighted by molar-refractivity contribution is 7.55. The summed E-state index contributed by atoms with van der Waals surface area (Å²) in [7, 11) is -0.618. The van der Waals surface area contributed by atoms with Crippen LogP contribution in [0.25, 0.3) is 0 Å². The Balaban J connectivity index is 1.44. The fourth-order valence-corrected chi connectivity index (χ4v) is 5.92. The minimum atomic E-state index is -2.72. The van der Waals surface area contributed by atoms with Gasteiger partial charge >= 0.3 is 0 Å². The van der Waals surface area contributed by atoms with E-state index in [1.54, 1.807) is 6.66 Å². The van der Waals surface area contributed by atoms with Crippen LogP contribution in [0, 0.1) is 0 Å². The maximum Gasteiger partial charge on any atom is 0.269 e. The van der Waals surface area contributed by atoms with Gasteiger partial charge in [-0.1, -0.05) is 0 Å². The molecule has 0 N–H and O–H groups in total. The van der Waals surface area contributed by atoms with Crippen molar-refractivity contribution in [2.24, 2.45) is 0 Å². The van der Waals surface area contributed by atoms with E-state index in [2.05, 4.69) is 28.4 Å². The van der Waals surface area contributed by atoms with Crippen molar-refractivity contribution >= 4 is 7.52 Å². The third-order valence-electron chi connectivity index (χ3n) is 5.62. The molecule has 3 rings (SSSR count). The molecule has 3 atom stereocenters. The number of likely N-dealkylation sites (tertiary alicyclic amines) is 1. The standard InChI is InChI=1S/C17H34N3O3P/c1-15-12-18(2)13-17(23-15)14-22-24(3,21)20-10-6-16(7-11-20)19-8-4-5-9-19/h15-17H,4-14H2,1-3H3. The van der Waals surface area contributed by atoms with Crippen molar-refractivity contribution in [1.29, 1.82) is 0 Å². The molecule has 3 aliphatic heterocycles. The zero-order valence-corrected chi connectivity index (χ0v) is 16.4. The van der Waals surface area contributed by atoms with Crippen LogP contribution in [0.15, 0.2) is 0 Å². The summed E-state index contributed by atoms with van der Waals surface area (Å²) >= 11 is 0. The molecule has 0 spiro atoms.